The van der Waals surface area contributed by atoms with Crippen LogP contribution in [0.5, 0.6) is 0 Å². The van der Waals surface area contributed by atoms with Gasteiger partial charge in [0, 0.05) is 37.6 Å². The SMILES string of the molecule is CCC(C)NC(=O)CN1CCN(C(=O)c2cccc3cn[nH]c23)CC1. The minimum Gasteiger partial charge on any atom is -0.353 e. The molecular formula is C18H25N5O2. The molecule has 7 heteroatoms. The molecule has 1 aliphatic heterocycles. The number of nitrogens with zero attached hydrogens (tertiary/aromatic N) is 3. The largest absolute Gasteiger partial charge is 0.353 e. The monoisotopic (exact) mass is 343 g/mol. The summed E-state index contributed by atoms with van der Waals surface area (Å²) in [5.74, 6) is 0.0647. The number of hydrogen-bond acceptors (Lipinski definition) is 4. The minimum atomic E-state index is 0.0126. The lowest BCUT2D eigenvalue weighted by atomic mass is 10.1. The molecule has 0 radical (unpaired) electrons. The highest BCUT2D eigenvalue weighted by molar-refractivity contribution is 6.05. The summed E-state index contributed by atoms with van der Waals surface area (Å²) in [5.41, 5.74) is 1.43. The molecule has 3 rings (SSSR count). The number of piperazine rings is 1. The fourth-order valence-corrected chi connectivity index (χ4v) is 3.05. The van der Waals surface area contributed by atoms with Gasteiger partial charge in [-0.2, -0.15) is 5.10 Å². The Morgan fingerprint density at radius 1 is 1.28 bits per heavy atom. The van der Waals surface area contributed by atoms with Crippen LogP contribution >= 0.6 is 0 Å². The third-order valence-electron chi connectivity index (χ3n) is 4.75. The van der Waals surface area contributed by atoms with Gasteiger partial charge in [0.15, 0.2) is 0 Å². The van der Waals surface area contributed by atoms with E-state index in [1.807, 2.05) is 30.0 Å². The maximum Gasteiger partial charge on any atom is 0.256 e. The molecule has 0 saturated carbocycles. The van der Waals surface area contributed by atoms with Crippen LogP contribution in [0.15, 0.2) is 24.4 Å². The van der Waals surface area contributed by atoms with Crippen molar-refractivity contribution in [3.8, 4) is 0 Å². The summed E-state index contributed by atoms with van der Waals surface area (Å²) in [6.07, 6.45) is 2.65. The lowest BCUT2D eigenvalue weighted by Crippen LogP contribution is -2.51. The van der Waals surface area contributed by atoms with Crippen LogP contribution in [0.2, 0.25) is 0 Å². The molecule has 2 aromatic rings. The van der Waals surface area contributed by atoms with Gasteiger partial charge in [0.25, 0.3) is 5.91 Å². The second kappa shape index (κ2) is 7.65. The lowest BCUT2D eigenvalue weighted by molar-refractivity contribution is -0.123. The Labute approximate surface area is 147 Å². The number of H-pyrrole nitrogens is 1. The molecule has 1 aliphatic rings. The second-order valence-electron chi connectivity index (χ2n) is 6.58. The molecule has 134 valence electrons. The fourth-order valence-electron chi connectivity index (χ4n) is 3.05. The van der Waals surface area contributed by atoms with Crippen molar-refractivity contribution in [3.05, 3.63) is 30.0 Å². The number of carbonyl (C=O) groups excluding carboxylic acids is 2. The van der Waals surface area contributed by atoms with Crippen LogP contribution in [0.3, 0.4) is 0 Å². The van der Waals surface area contributed by atoms with Crippen molar-refractivity contribution in [1.29, 1.82) is 0 Å². The molecule has 0 aliphatic carbocycles. The number of aromatic amines is 1. The Bertz CT molecular complexity index is 749. The van der Waals surface area contributed by atoms with Gasteiger partial charge in [-0.05, 0) is 19.4 Å². The summed E-state index contributed by atoms with van der Waals surface area (Å²) >= 11 is 0. The van der Waals surface area contributed by atoms with Crippen LogP contribution < -0.4 is 5.32 Å². The molecule has 1 aromatic heterocycles. The Morgan fingerprint density at radius 2 is 2.04 bits per heavy atom. The zero-order valence-electron chi connectivity index (χ0n) is 14.8. The van der Waals surface area contributed by atoms with Gasteiger partial charge in [0.05, 0.1) is 23.8 Å². The van der Waals surface area contributed by atoms with Crippen molar-refractivity contribution < 1.29 is 9.59 Å². The molecule has 7 nitrogen and oxygen atoms in total. The normalized spacial score (nSPS) is 16.8. The first kappa shape index (κ1) is 17.4. The van der Waals surface area contributed by atoms with Gasteiger partial charge in [-0.1, -0.05) is 19.1 Å². The molecule has 1 fully saturated rings. The number of amides is 2. The Morgan fingerprint density at radius 3 is 2.76 bits per heavy atom. The molecule has 0 bridgehead atoms. The first-order valence-corrected chi connectivity index (χ1v) is 8.81. The lowest BCUT2D eigenvalue weighted by Gasteiger charge is -2.34. The van der Waals surface area contributed by atoms with E-state index in [0.717, 1.165) is 17.3 Å². The van der Waals surface area contributed by atoms with Gasteiger partial charge in [-0.3, -0.25) is 19.6 Å². The van der Waals surface area contributed by atoms with E-state index in [2.05, 4.69) is 27.3 Å². The van der Waals surface area contributed by atoms with E-state index in [-0.39, 0.29) is 17.9 Å². The summed E-state index contributed by atoms with van der Waals surface area (Å²) in [7, 11) is 0. The van der Waals surface area contributed by atoms with Crippen molar-refractivity contribution in [3.63, 3.8) is 0 Å². The maximum absolute atomic E-state index is 12.8. The van der Waals surface area contributed by atoms with Crippen LogP contribution in [0.4, 0.5) is 0 Å². The molecule has 1 saturated heterocycles. The first-order valence-electron chi connectivity index (χ1n) is 8.81. The molecule has 2 N–H and O–H groups in total. The van der Waals surface area contributed by atoms with E-state index in [4.69, 9.17) is 0 Å². The number of para-hydroxylation sites is 1. The standard InChI is InChI=1S/C18H25N5O2/c1-3-13(2)20-16(24)12-22-7-9-23(10-8-22)18(25)15-6-4-5-14-11-19-21-17(14)15/h4-6,11,13H,3,7-10,12H2,1-2H3,(H,19,21)(H,20,24). The van der Waals surface area contributed by atoms with Gasteiger partial charge < -0.3 is 10.2 Å². The van der Waals surface area contributed by atoms with Gasteiger partial charge in [0.1, 0.15) is 0 Å². The molecule has 2 amide bonds. The van der Waals surface area contributed by atoms with Crippen LogP contribution in [0.25, 0.3) is 10.9 Å². The second-order valence-corrected chi connectivity index (χ2v) is 6.58. The average molecular weight is 343 g/mol. The van der Waals surface area contributed by atoms with E-state index in [9.17, 15) is 9.59 Å². The molecule has 1 aromatic carbocycles. The highest BCUT2D eigenvalue weighted by Crippen LogP contribution is 2.18. The van der Waals surface area contributed by atoms with E-state index in [1.165, 1.54) is 0 Å². The highest BCUT2D eigenvalue weighted by atomic mass is 16.2. The van der Waals surface area contributed by atoms with Crippen molar-refractivity contribution in [2.24, 2.45) is 0 Å². The van der Waals surface area contributed by atoms with Crippen LogP contribution in [0.1, 0.15) is 30.6 Å². The molecule has 1 atom stereocenters. The fraction of sp³-hybridized carbons (Fsp3) is 0.500. The number of benzene rings is 1. The predicted octanol–water partition coefficient (Wildman–Crippen LogP) is 1.24. The molecule has 0 spiro atoms. The number of fused-ring (bicyclic) bond motifs is 1. The van der Waals surface area contributed by atoms with Crippen molar-refractivity contribution >= 4 is 22.7 Å². The number of aromatic nitrogens is 2. The Kier molecular flexibility index (Phi) is 5.33. The number of nitrogens with one attached hydrogen (secondary N) is 2. The van der Waals surface area contributed by atoms with Crippen molar-refractivity contribution in [2.75, 3.05) is 32.7 Å². The van der Waals surface area contributed by atoms with Crippen molar-refractivity contribution in [1.82, 2.24) is 25.3 Å². The summed E-state index contributed by atoms with van der Waals surface area (Å²) in [6.45, 7) is 7.11. The Balaban J connectivity index is 1.56. The summed E-state index contributed by atoms with van der Waals surface area (Å²) < 4.78 is 0. The smallest absolute Gasteiger partial charge is 0.256 e. The predicted molar refractivity (Wildman–Crippen MR) is 96.3 cm³/mol. The van der Waals surface area contributed by atoms with Gasteiger partial charge >= 0.3 is 0 Å². The summed E-state index contributed by atoms with van der Waals surface area (Å²) in [4.78, 5) is 28.7. The van der Waals surface area contributed by atoms with E-state index < -0.39 is 0 Å². The number of rotatable bonds is 5. The molecule has 25 heavy (non-hydrogen) atoms. The van der Waals surface area contributed by atoms with Crippen LogP contribution in [0, 0.1) is 0 Å². The maximum atomic E-state index is 12.8. The first-order chi connectivity index (χ1) is 12.1. The van der Waals surface area contributed by atoms with E-state index in [0.29, 0.717) is 38.3 Å². The Hall–Kier alpha value is -2.41. The number of carbonyl (C=O) groups is 2. The highest BCUT2D eigenvalue weighted by Gasteiger charge is 2.24. The third kappa shape index (κ3) is 3.99. The topological polar surface area (TPSA) is 81.3 Å². The quantitative estimate of drug-likeness (QED) is 0.856. The average Bonchev–Trinajstić information content (AvgIpc) is 3.10. The zero-order valence-corrected chi connectivity index (χ0v) is 14.8. The zero-order chi connectivity index (χ0) is 17.8. The van der Waals surface area contributed by atoms with Gasteiger partial charge in [0.2, 0.25) is 5.91 Å². The van der Waals surface area contributed by atoms with E-state index in [1.54, 1.807) is 6.20 Å². The molecule has 1 unspecified atom stereocenters. The van der Waals surface area contributed by atoms with Gasteiger partial charge in [-0.15, -0.1) is 0 Å². The van der Waals surface area contributed by atoms with Crippen LogP contribution in [-0.2, 0) is 4.79 Å². The molecule has 2 heterocycles. The minimum absolute atomic E-state index is 0.0126. The van der Waals surface area contributed by atoms with E-state index >= 15 is 0 Å². The molecular weight excluding hydrogens is 318 g/mol. The third-order valence-corrected chi connectivity index (χ3v) is 4.75. The summed E-state index contributed by atoms with van der Waals surface area (Å²) in [6, 6.07) is 5.84. The number of hydrogen-bond donors (Lipinski definition) is 2. The van der Waals surface area contributed by atoms with Gasteiger partial charge in [-0.25, -0.2) is 0 Å². The summed E-state index contributed by atoms with van der Waals surface area (Å²) in [5, 5.41) is 10.8. The van der Waals surface area contributed by atoms with Crippen molar-refractivity contribution in [2.45, 2.75) is 26.3 Å². The van der Waals surface area contributed by atoms with Crippen LogP contribution in [-0.4, -0.2) is 70.6 Å².